The van der Waals surface area contributed by atoms with Gasteiger partial charge in [0.2, 0.25) is 5.91 Å². The van der Waals surface area contributed by atoms with Crippen LogP contribution in [0.2, 0.25) is 0 Å². The van der Waals surface area contributed by atoms with Crippen LogP contribution in [-0.2, 0) is 62.2 Å². The molecular formula is C24H25F2NO5S. The topological polar surface area (TPSA) is 81.7 Å². The molecular weight excluding hydrogens is 452 g/mol. The second-order valence-corrected chi connectivity index (χ2v) is 10.6. The van der Waals surface area contributed by atoms with E-state index in [4.69, 9.17) is 9.47 Å². The molecule has 2 aliphatic carbocycles. The number of ether oxygens (including phenoxy) is 2. The summed E-state index contributed by atoms with van der Waals surface area (Å²) in [5.41, 5.74) is 4.05. The van der Waals surface area contributed by atoms with Gasteiger partial charge in [-0.3, -0.25) is 4.79 Å². The lowest BCUT2D eigenvalue weighted by atomic mass is 9.91. The fourth-order valence-electron chi connectivity index (χ4n) is 5.29. The first kappa shape index (κ1) is 22.4. The van der Waals surface area contributed by atoms with Crippen molar-refractivity contribution in [3.63, 3.8) is 0 Å². The molecule has 5 rings (SSSR count). The summed E-state index contributed by atoms with van der Waals surface area (Å²) in [6, 6.07) is 3.54. The van der Waals surface area contributed by atoms with Crippen molar-refractivity contribution in [1.29, 1.82) is 0 Å². The molecule has 33 heavy (non-hydrogen) atoms. The molecule has 176 valence electrons. The van der Waals surface area contributed by atoms with Gasteiger partial charge in [0.25, 0.3) is 10.0 Å². The average molecular weight is 478 g/mol. The van der Waals surface area contributed by atoms with E-state index >= 15 is 0 Å². The summed E-state index contributed by atoms with van der Waals surface area (Å²) in [6.07, 6.45) is 4.03. The number of amides is 1. The third-order valence-electron chi connectivity index (χ3n) is 6.86. The first-order valence-corrected chi connectivity index (χ1v) is 12.7. The molecule has 1 saturated heterocycles. The van der Waals surface area contributed by atoms with E-state index in [0.29, 0.717) is 55.6 Å². The largest absolute Gasteiger partial charge is 0.344 e. The smallest absolute Gasteiger partial charge is 0.266 e. The Kier molecular flexibility index (Phi) is 5.54. The first-order chi connectivity index (χ1) is 15.7. The van der Waals surface area contributed by atoms with Crippen LogP contribution in [0.1, 0.15) is 53.1 Å². The Morgan fingerprint density at radius 3 is 2.18 bits per heavy atom. The van der Waals surface area contributed by atoms with Crippen molar-refractivity contribution in [3.05, 3.63) is 63.2 Å². The highest BCUT2D eigenvalue weighted by molar-refractivity contribution is 7.90. The number of hydrogen-bond donors (Lipinski definition) is 1. The van der Waals surface area contributed by atoms with Crippen molar-refractivity contribution in [3.8, 4) is 0 Å². The highest BCUT2D eigenvalue weighted by Gasteiger charge is 2.35. The Labute approximate surface area is 191 Å². The van der Waals surface area contributed by atoms with Crippen LogP contribution >= 0.6 is 0 Å². The molecule has 0 bridgehead atoms. The lowest BCUT2D eigenvalue weighted by molar-refractivity contribution is -0.149. The number of carbonyl (C=O) groups excluding carboxylic acids is 1. The van der Waals surface area contributed by atoms with E-state index in [1.807, 2.05) is 4.72 Å². The van der Waals surface area contributed by atoms with E-state index in [0.717, 1.165) is 41.7 Å². The first-order valence-electron chi connectivity index (χ1n) is 11.2. The monoisotopic (exact) mass is 477 g/mol. The van der Waals surface area contributed by atoms with E-state index in [-0.39, 0.29) is 12.2 Å². The van der Waals surface area contributed by atoms with Crippen molar-refractivity contribution in [1.82, 2.24) is 4.72 Å². The molecule has 0 atom stereocenters. The molecule has 1 fully saturated rings. The highest BCUT2D eigenvalue weighted by atomic mass is 32.2. The minimum Gasteiger partial charge on any atom is -0.344 e. The van der Waals surface area contributed by atoms with Gasteiger partial charge in [-0.1, -0.05) is 6.07 Å². The Morgan fingerprint density at radius 1 is 1.00 bits per heavy atom. The van der Waals surface area contributed by atoms with Gasteiger partial charge in [-0.25, -0.2) is 21.9 Å². The van der Waals surface area contributed by atoms with Crippen molar-refractivity contribution in [2.75, 3.05) is 13.2 Å². The van der Waals surface area contributed by atoms with Crippen LogP contribution in [0.15, 0.2) is 23.1 Å². The van der Waals surface area contributed by atoms with Crippen LogP contribution in [-0.4, -0.2) is 27.5 Å². The minimum atomic E-state index is -4.49. The fourth-order valence-corrected chi connectivity index (χ4v) is 6.38. The normalized spacial score (nSPS) is 18.9. The zero-order valence-electron chi connectivity index (χ0n) is 18.3. The van der Waals surface area contributed by atoms with Crippen molar-refractivity contribution < 1.29 is 31.5 Å². The highest BCUT2D eigenvalue weighted by Crippen LogP contribution is 2.38. The number of sulfonamides is 1. The number of hydrogen-bond acceptors (Lipinski definition) is 5. The van der Waals surface area contributed by atoms with Gasteiger partial charge in [0, 0.05) is 5.56 Å². The number of nitrogens with one attached hydrogen (secondary N) is 1. The van der Waals surface area contributed by atoms with Crippen LogP contribution in [0.4, 0.5) is 8.78 Å². The molecule has 0 saturated carbocycles. The fraction of sp³-hybridized carbons (Fsp3) is 0.458. The van der Waals surface area contributed by atoms with Gasteiger partial charge in [0.1, 0.15) is 16.5 Å². The zero-order valence-corrected chi connectivity index (χ0v) is 19.1. The van der Waals surface area contributed by atoms with E-state index in [1.165, 1.54) is 6.07 Å². The van der Waals surface area contributed by atoms with Crippen LogP contribution in [0, 0.1) is 11.6 Å². The van der Waals surface area contributed by atoms with E-state index < -0.39 is 32.4 Å². The maximum absolute atomic E-state index is 14.9. The number of halogens is 2. The SMILES string of the molecule is CC1(c2ccc(F)c(S(=O)(=O)NC(=O)Cc3c4c(c(F)c5c3CCC5)CCC4)c2)OCCO1. The predicted molar refractivity (Wildman–Crippen MR) is 115 cm³/mol. The van der Waals surface area contributed by atoms with Gasteiger partial charge >= 0.3 is 0 Å². The number of carbonyl (C=O) groups is 1. The summed E-state index contributed by atoms with van der Waals surface area (Å²) in [7, 11) is -4.49. The van der Waals surface area contributed by atoms with Gasteiger partial charge in [-0.2, -0.15) is 0 Å². The minimum absolute atomic E-state index is 0.157. The molecule has 2 aromatic carbocycles. The Morgan fingerprint density at radius 2 is 1.58 bits per heavy atom. The van der Waals surface area contributed by atoms with Gasteiger partial charge in [-0.15, -0.1) is 0 Å². The number of fused-ring (bicyclic) bond motifs is 2. The molecule has 0 unspecified atom stereocenters. The molecule has 1 N–H and O–H groups in total. The molecule has 6 nitrogen and oxygen atoms in total. The molecule has 1 aliphatic heterocycles. The van der Waals surface area contributed by atoms with Crippen LogP contribution < -0.4 is 4.72 Å². The summed E-state index contributed by atoms with van der Waals surface area (Å²) in [4.78, 5) is 12.2. The molecule has 0 radical (unpaired) electrons. The van der Waals surface area contributed by atoms with Gasteiger partial charge in [-0.05, 0) is 85.4 Å². The summed E-state index contributed by atoms with van der Waals surface area (Å²) in [6.45, 7) is 2.29. The van der Waals surface area contributed by atoms with Gasteiger partial charge < -0.3 is 9.47 Å². The third-order valence-corrected chi connectivity index (χ3v) is 8.25. The van der Waals surface area contributed by atoms with Crippen molar-refractivity contribution >= 4 is 15.9 Å². The molecule has 3 aliphatic rings. The Balaban J connectivity index is 1.43. The molecule has 9 heteroatoms. The molecule has 0 aromatic heterocycles. The van der Waals surface area contributed by atoms with Gasteiger partial charge in [0.15, 0.2) is 5.79 Å². The lowest BCUT2D eigenvalue weighted by Crippen LogP contribution is -2.33. The molecule has 0 spiro atoms. The quantitative estimate of drug-likeness (QED) is 0.715. The second kappa shape index (κ2) is 8.14. The van der Waals surface area contributed by atoms with Crippen LogP contribution in [0.5, 0.6) is 0 Å². The average Bonchev–Trinajstić information content (AvgIpc) is 3.52. The van der Waals surface area contributed by atoms with E-state index in [1.54, 1.807) is 6.92 Å². The summed E-state index contributed by atoms with van der Waals surface area (Å²) in [5, 5.41) is 0. The maximum Gasteiger partial charge on any atom is 0.266 e. The summed E-state index contributed by atoms with van der Waals surface area (Å²) in [5.74, 6) is -3.09. The van der Waals surface area contributed by atoms with E-state index in [9.17, 15) is 22.0 Å². The lowest BCUT2D eigenvalue weighted by Gasteiger charge is -2.23. The predicted octanol–water partition coefficient (Wildman–Crippen LogP) is 3.21. The number of rotatable bonds is 5. The standard InChI is InChI=1S/C24H25F2NO5S/c1-24(31-10-11-32-24)14-8-9-20(25)21(12-14)33(29,30)27-22(28)13-19-15-4-2-6-17(15)23(26)18-7-3-5-16(18)19/h8-9,12H,2-7,10-11,13H2,1H3,(H,27,28). The van der Waals surface area contributed by atoms with Crippen LogP contribution in [0.3, 0.4) is 0 Å². The third kappa shape index (κ3) is 3.86. The Bertz CT molecular complexity index is 1220. The van der Waals surface area contributed by atoms with Crippen LogP contribution in [0.25, 0.3) is 0 Å². The molecule has 2 aromatic rings. The molecule has 1 amide bonds. The maximum atomic E-state index is 14.9. The van der Waals surface area contributed by atoms with E-state index in [2.05, 4.69) is 0 Å². The Hall–Kier alpha value is -2.36. The number of benzene rings is 2. The summed E-state index contributed by atoms with van der Waals surface area (Å²) < 4.78 is 68.3. The van der Waals surface area contributed by atoms with Gasteiger partial charge in [0.05, 0.1) is 19.6 Å². The summed E-state index contributed by atoms with van der Waals surface area (Å²) >= 11 is 0. The van der Waals surface area contributed by atoms with Crippen molar-refractivity contribution in [2.45, 2.75) is 62.6 Å². The molecule has 1 heterocycles. The van der Waals surface area contributed by atoms with Crippen molar-refractivity contribution in [2.24, 2.45) is 0 Å². The second-order valence-electron chi connectivity index (χ2n) is 8.91. The zero-order chi connectivity index (χ0) is 23.4.